The minimum Gasteiger partial charge on any atom is -0.382 e. The van der Waals surface area contributed by atoms with Gasteiger partial charge in [0.2, 0.25) is 5.91 Å². The van der Waals surface area contributed by atoms with Crippen molar-refractivity contribution in [2.45, 2.75) is 45.4 Å². The van der Waals surface area contributed by atoms with Crippen molar-refractivity contribution in [1.29, 1.82) is 0 Å². The number of hydrogen-bond donors (Lipinski definition) is 2. The number of halogens is 1. The molecule has 0 bridgehead atoms. The Morgan fingerprint density at radius 2 is 1.80 bits per heavy atom. The average Bonchev–Trinajstić information content (AvgIpc) is 2.73. The molecule has 1 amide bonds. The molecule has 0 unspecified atom stereocenters. The zero-order chi connectivity index (χ0) is 14.2. The minimum absolute atomic E-state index is 0.0499. The van der Waals surface area contributed by atoms with Crippen molar-refractivity contribution in [3.8, 4) is 0 Å². The van der Waals surface area contributed by atoms with E-state index in [0.717, 1.165) is 31.4 Å². The lowest BCUT2D eigenvalue weighted by atomic mass is 9.79. The van der Waals surface area contributed by atoms with Gasteiger partial charge in [0, 0.05) is 6.54 Å². The van der Waals surface area contributed by atoms with E-state index in [9.17, 15) is 9.18 Å². The Labute approximate surface area is 118 Å². The van der Waals surface area contributed by atoms with E-state index in [0.29, 0.717) is 17.8 Å². The molecule has 0 radical (unpaired) electrons. The van der Waals surface area contributed by atoms with Crippen LogP contribution in [-0.2, 0) is 4.79 Å². The molecule has 1 saturated carbocycles. The average molecular weight is 276 g/mol. The van der Waals surface area contributed by atoms with Crippen LogP contribution in [0, 0.1) is 18.2 Å². The van der Waals surface area contributed by atoms with Crippen molar-refractivity contribution in [2.24, 2.45) is 5.41 Å². The molecule has 3 nitrogen and oxygen atoms in total. The van der Waals surface area contributed by atoms with Crippen LogP contribution in [-0.4, -0.2) is 12.5 Å². The first kappa shape index (κ1) is 13.4. The summed E-state index contributed by atoms with van der Waals surface area (Å²) in [4.78, 5) is 12.6. The zero-order valence-corrected chi connectivity index (χ0v) is 11.9. The Kier molecular flexibility index (Phi) is 3.40. The van der Waals surface area contributed by atoms with E-state index in [-0.39, 0.29) is 17.1 Å². The third kappa shape index (κ3) is 2.28. The summed E-state index contributed by atoms with van der Waals surface area (Å²) in [5.74, 6) is -0.225. The van der Waals surface area contributed by atoms with Gasteiger partial charge in [-0.25, -0.2) is 4.39 Å². The molecule has 20 heavy (non-hydrogen) atoms. The van der Waals surface area contributed by atoms with E-state index in [1.54, 1.807) is 13.0 Å². The molecule has 1 spiro atoms. The quantitative estimate of drug-likeness (QED) is 0.756. The molecule has 0 saturated heterocycles. The van der Waals surface area contributed by atoms with Gasteiger partial charge in [0.15, 0.2) is 0 Å². The first-order chi connectivity index (χ1) is 9.61. The van der Waals surface area contributed by atoms with Gasteiger partial charge in [-0.15, -0.1) is 0 Å². The Balaban J connectivity index is 1.93. The molecular weight excluding hydrogens is 255 g/mol. The molecule has 108 valence electrons. The predicted octanol–water partition coefficient (Wildman–Crippen LogP) is 3.84. The number of rotatable bonds is 0. The van der Waals surface area contributed by atoms with E-state index < -0.39 is 0 Å². The van der Waals surface area contributed by atoms with E-state index >= 15 is 0 Å². The summed E-state index contributed by atoms with van der Waals surface area (Å²) in [7, 11) is 0. The molecule has 4 heteroatoms. The van der Waals surface area contributed by atoms with Crippen molar-refractivity contribution < 1.29 is 9.18 Å². The predicted molar refractivity (Wildman–Crippen MR) is 78.4 cm³/mol. The van der Waals surface area contributed by atoms with Crippen molar-refractivity contribution in [3.05, 3.63) is 23.5 Å². The van der Waals surface area contributed by atoms with Crippen molar-refractivity contribution in [1.82, 2.24) is 0 Å². The highest BCUT2D eigenvalue weighted by Crippen LogP contribution is 2.40. The fourth-order valence-electron chi connectivity index (χ4n) is 3.34. The Morgan fingerprint density at radius 1 is 1.10 bits per heavy atom. The molecule has 0 atom stereocenters. The van der Waals surface area contributed by atoms with Gasteiger partial charge in [-0.2, -0.15) is 0 Å². The summed E-state index contributed by atoms with van der Waals surface area (Å²) in [5.41, 5.74) is 1.67. The molecule has 0 aromatic heterocycles. The smallest absolute Gasteiger partial charge is 0.232 e. The van der Waals surface area contributed by atoms with Crippen LogP contribution in [0.2, 0.25) is 0 Å². The lowest BCUT2D eigenvalue weighted by molar-refractivity contribution is -0.125. The van der Waals surface area contributed by atoms with Gasteiger partial charge in [0.05, 0.1) is 16.8 Å². The third-order valence-corrected chi connectivity index (χ3v) is 4.71. The molecular formula is C16H21FN2O. The van der Waals surface area contributed by atoms with Gasteiger partial charge in [0.25, 0.3) is 0 Å². The highest BCUT2D eigenvalue weighted by molar-refractivity contribution is 6.00. The molecule has 1 aromatic carbocycles. The number of amides is 1. The van der Waals surface area contributed by atoms with Gasteiger partial charge in [-0.3, -0.25) is 4.79 Å². The number of benzene rings is 1. The van der Waals surface area contributed by atoms with Gasteiger partial charge in [-0.1, -0.05) is 25.7 Å². The van der Waals surface area contributed by atoms with Crippen LogP contribution >= 0.6 is 0 Å². The number of fused-ring (bicyclic) bond motifs is 1. The third-order valence-electron chi connectivity index (χ3n) is 4.71. The topological polar surface area (TPSA) is 41.1 Å². The summed E-state index contributed by atoms with van der Waals surface area (Å²) in [6, 6.07) is 3.20. The summed E-state index contributed by atoms with van der Waals surface area (Å²) >= 11 is 0. The van der Waals surface area contributed by atoms with Gasteiger partial charge in [0.1, 0.15) is 5.82 Å². The van der Waals surface area contributed by atoms with E-state index in [1.165, 1.54) is 18.9 Å². The van der Waals surface area contributed by atoms with Crippen LogP contribution in [0.1, 0.15) is 44.1 Å². The molecule has 1 aromatic rings. The second-order valence-corrected chi connectivity index (χ2v) is 6.15. The van der Waals surface area contributed by atoms with Crippen LogP contribution in [0.5, 0.6) is 0 Å². The fourth-order valence-corrected chi connectivity index (χ4v) is 3.34. The number of nitrogens with one attached hydrogen (secondary N) is 2. The number of aryl methyl sites for hydroxylation is 1. The number of carbonyl (C=O) groups excluding carboxylic acids is 1. The first-order valence-electron chi connectivity index (χ1n) is 7.46. The van der Waals surface area contributed by atoms with Gasteiger partial charge < -0.3 is 10.6 Å². The normalized spacial score (nSPS) is 21.4. The molecule has 1 aliphatic carbocycles. The second kappa shape index (κ2) is 5.08. The lowest BCUT2D eigenvalue weighted by Crippen LogP contribution is -2.39. The summed E-state index contributed by atoms with van der Waals surface area (Å²) in [5, 5.41) is 6.30. The van der Waals surface area contributed by atoms with Crippen molar-refractivity contribution >= 4 is 17.3 Å². The number of anilines is 2. The fraction of sp³-hybridized carbons (Fsp3) is 0.562. The maximum absolute atomic E-state index is 13.7. The Hall–Kier alpha value is -1.58. The van der Waals surface area contributed by atoms with Crippen LogP contribution < -0.4 is 10.6 Å². The molecule has 1 aliphatic heterocycles. The van der Waals surface area contributed by atoms with Crippen LogP contribution in [0.25, 0.3) is 0 Å². The van der Waals surface area contributed by atoms with E-state index in [2.05, 4.69) is 10.6 Å². The monoisotopic (exact) mass is 276 g/mol. The van der Waals surface area contributed by atoms with E-state index in [4.69, 9.17) is 0 Å². The Bertz CT molecular complexity index is 534. The first-order valence-corrected chi connectivity index (χ1v) is 7.46. The van der Waals surface area contributed by atoms with Crippen molar-refractivity contribution in [2.75, 3.05) is 17.2 Å². The molecule has 1 heterocycles. The number of carbonyl (C=O) groups is 1. The highest BCUT2D eigenvalue weighted by Gasteiger charge is 2.40. The SMILES string of the molecule is Cc1cc2c(cc1F)NC(=O)C1(CCCCCC1)CN2. The summed E-state index contributed by atoms with van der Waals surface area (Å²) in [6.07, 6.45) is 6.44. The number of hydrogen-bond acceptors (Lipinski definition) is 2. The lowest BCUT2D eigenvalue weighted by Gasteiger charge is -2.29. The van der Waals surface area contributed by atoms with Crippen LogP contribution in [0.3, 0.4) is 0 Å². The molecule has 3 rings (SSSR count). The van der Waals surface area contributed by atoms with E-state index in [1.807, 2.05) is 0 Å². The zero-order valence-electron chi connectivity index (χ0n) is 11.9. The van der Waals surface area contributed by atoms with Crippen LogP contribution in [0.15, 0.2) is 12.1 Å². The van der Waals surface area contributed by atoms with Crippen LogP contribution in [0.4, 0.5) is 15.8 Å². The minimum atomic E-state index is -0.333. The highest BCUT2D eigenvalue weighted by atomic mass is 19.1. The van der Waals surface area contributed by atoms with Crippen molar-refractivity contribution in [3.63, 3.8) is 0 Å². The van der Waals surface area contributed by atoms with Gasteiger partial charge in [-0.05, 0) is 37.5 Å². The van der Waals surface area contributed by atoms with Gasteiger partial charge >= 0.3 is 0 Å². The summed E-state index contributed by atoms with van der Waals surface area (Å²) in [6.45, 7) is 2.39. The second-order valence-electron chi connectivity index (χ2n) is 6.15. The Morgan fingerprint density at radius 3 is 2.50 bits per heavy atom. The maximum Gasteiger partial charge on any atom is 0.232 e. The molecule has 2 aliphatic rings. The summed E-state index contributed by atoms with van der Waals surface area (Å²) < 4.78 is 13.7. The standard InChI is InChI=1S/C16H21FN2O/c1-11-8-13-14(9-12(11)17)19-15(20)16(10-18-13)6-4-2-3-5-7-16/h8-9,18H,2-7,10H2,1H3,(H,19,20). The largest absolute Gasteiger partial charge is 0.382 e. The maximum atomic E-state index is 13.7. The molecule has 2 N–H and O–H groups in total. The molecule has 1 fully saturated rings.